The summed E-state index contributed by atoms with van der Waals surface area (Å²) in [6.45, 7) is 7.16. The average Bonchev–Trinajstić information content (AvgIpc) is 2.97. The van der Waals surface area contributed by atoms with Gasteiger partial charge in [-0.15, -0.1) is 0 Å². The standard InChI is InChI=1S/C16H25N3O/c1-13(2)7-5-10-18-16(20)14-8-6-9-17-15(14)19-11-3-4-12-19/h6,8-9,13H,3-5,7,10-12H2,1-2H3,(H,18,20). The van der Waals surface area contributed by atoms with Gasteiger partial charge in [0.05, 0.1) is 5.56 Å². The fraction of sp³-hybridized carbons (Fsp3) is 0.625. The van der Waals surface area contributed by atoms with E-state index in [-0.39, 0.29) is 5.91 Å². The van der Waals surface area contributed by atoms with Crippen LogP contribution in [0.4, 0.5) is 5.82 Å². The first kappa shape index (κ1) is 14.8. The molecule has 4 heteroatoms. The largest absolute Gasteiger partial charge is 0.356 e. The molecular weight excluding hydrogens is 250 g/mol. The van der Waals surface area contributed by atoms with Crippen molar-refractivity contribution in [3.05, 3.63) is 23.9 Å². The Morgan fingerprint density at radius 2 is 2.15 bits per heavy atom. The Kier molecular flexibility index (Phi) is 5.39. The zero-order valence-electron chi connectivity index (χ0n) is 12.6. The van der Waals surface area contributed by atoms with Gasteiger partial charge in [0, 0.05) is 25.8 Å². The summed E-state index contributed by atoms with van der Waals surface area (Å²) >= 11 is 0. The summed E-state index contributed by atoms with van der Waals surface area (Å²) < 4.78 is 0. The second-order valence-corrected chi connectivity index (χ2v) is 5.86. The highest BCUT2D eigenvalue weighted by Gasteiger charge is 2.20. The molecule has 1 aromatic rings. The molecule has 1 aliphatic rings. The van der Waals surface area contributed by atoms with E-state index in [0.29, 0.717) is 11.5 Å². The molecule has 0 spiro atoms. The molecule has 0 atom stereocenters. The van der Waals surface area contributed by atoms with Gasteiger partial charge in [0.2, 0.25) is 0 Å². The lowest BCUT2D eigenvalue weighted by Gasteiger charge is -2.19. The number of hydrogen-bond donors (Lipinski definition) is 1. The topological polar surface area (TPSA) is 45.2 Å². The first-order valence-corrected chi connectivity index (χ1v) is 7.66. The van der Waals surface area contributed by atoms with Gasteiger partial charge in [-0.05, 0) is 43.7 Å². The summed E-state index contributed by atoms with van der Waals surface area (Å²) in [5, 5.41) is 3.01. The number of nitrogens with one attached hydrogen (secondary N) is 1. The summed E-state index contributed by atoms with van der Waals surface area (Å²) in [5.74, 6) is 1.53. The van der Waals surface area contributed by atoms with Crippen LogP contribution < -0.4 is 10.2 Å². The number of amides is 1. The highest BCUT2D eigenvalue weighted by atomic mass is 16.1. The molecular formula is C16H25N3O. The van der Waals surface area contributed by atoms with Gasteiger partial charge in [-0.25, -0.2) is 4.98 Å². The maximum atomic E-state index is 12.3. The molecule has 1 N–H and O–H groups in total. The molecule has 0 saturated carbocycles. The molecule has 1 aromatic heterocycles. The minimum absolute atomic E-state index is 0.00348. The molecule has 1 amide bonds. The van der Waals surface area contributed by atoms with Crippen LogP contribution in [0.15, 0.2) is 18.3 Å². The van der Waals surface area contributed by atoms with E-state index >= 15 is 0 Å². The van der Waals surface area contributed by atoms with E-state index < -0.39 is 0 Å². The Labute approximate surface area is 121 Å². The van der Waals surface area contributed by atoms with E-state index in [1.54, 1.807) is 6.20 Å². The van der Waals surface area contributed by atoms with E-state index in [0.717, 1.165) is 38.3 Å². The third-order valence-corrected chi connectivity index (χ3v) is 3.68. The van der Waals surface area contributed by atoms with Crippen molar-refractivity contribution in [2.75, 3.05) is 24.5 Å². The van der Waals surface area contributed by atoms with Gasteiger partial charge < -0.3 is 10.2 Å². The Hall–Kier alpha value is -1.58. The van der Waals surface area contributed by atoms with Gasteiger partial charge >= 0.3 is 0 Å². The minimum Gasteiger partial charge on any atom is -0.356 e. The van der Waals surface area contributed by atoms with Gasteiger partial charge in [0.25, 0.3) is 5.91 Å². The number of nitrogens with zero attached hydrogens (tertiary/aromatic N) is 2. The van der Waals surface area contributed by atoms with E-state index in [2.05, 4.69) is 29.0 Å². The molecule has 0 unspecified atom stereocenters. The molecule has 1 saturated heterocycles. The van der Waals surface area contributed by atoms with Gasteiger partial charge in [-0.2, -0.15) is 0 Å². The Bertz CT molecular complexity index is 439. The molecule has 1 fully saturated rings. The number of pyridine rings is 1. The molecule has 2 rings (SSSR count). The second-order valence-electron chi connectivity index (χ2n) is 5.86. The van der Waals surface area contributed by atoms with Crippen molar-refractivity contribution in [1.82, 2.24) is 10.3 Å². The number of hydrogen-bond acceptors (Lipinski definition) is 3. The number of anilines is 1. The maximum Gasteiger partial charge on any atom is 0.255 e. The zero-order chi connectivity index (χ0) is 14.4. The first-order chi connectivity index (χ1) is 9.68. The van der Waals surface area contributed by atoms with Crippen LogP contribution in [0, 0.1) is 5.92 Å². The number of carbonyl (C=O) groups excluding carboxylic acids is 1. The zero-order valence-corrected chi connectivity index (χ0v) is 12.6. The van der Waals surface area contributed by atoms with Crippen LogP contribution in [0.1, 0.15) is 49.9 Å². The smallest absolute Gasteiger partial charge is 0.255 e. The molecule has 0 bridgehead atoms. The number of aromatic nitrogens is 1. The highest BCUT2D eigenvalue weighted by molar-refractivity contribution is 5.98. The minimum atomic E-state index is 0.00348. The van der Waals surface area contributed by atoms with Crippen molar-refractivity contribution in [2.45, 2.75) is 39.5 Å². The molecule has 4 nitrogen and oxygen atoms in total. The fourth-order valence-corrected chi connectivity index (χ4v) is 2.56. The summed E-state index contributed by atoms with van der Waals surface area (Å²) in [6, 6.07) is 3.71. The molecule has 0 radical (unpaired) electrons. The van der Waals surface area contributed by atoms with Crippen LogP contribution >= 0.6 is 0 Å². The third kappa shape index (κ3) is 3.95. The Morgan fingerprint density at radius 3 is 2.85 bits per heavy atom. The highest BCUT2D eigenvalue weighted by Crippen LogP contribution is 2.21. The Morgan fingerprint density at radius 1 is 1.40 bits per heavy atom. The lowest BCUT2D eigenvalue weighted by atomic mass is 10.1. The van der Waals surface area contributed by atoms with E-state index in [9.17, 15) is 4.79 Å². The van der Waals surface area contributed by atoms with Gasteiger partial charge in [-0.1, -0.05) is 13.8 Å². The molecule has 0 aromatic carbocycles. The number of rotatable bonds is 6. The predicted octanol–water partition coefficient (Wildman–Crippen LogP) is 2.85. The van der Waals surface area contributed by atoms with Gasteiger partial charge in [0.1, 0.15) is 5.82 Å². The SMILES string of the molecule is CC(C)CCCNC(=O)c1cccnc1N1CCCC1. The summed E-state index contributed by atoms with van der Waals surface area (Å²) in [4.78, 5) is 18.9. The lowest BCUT2D eigenvalue weighted by molar-refractivity contribution is 0.0952. The van der Waals surface area contributed by atoms with Crippen molar-refractivity contribution >= 4 is 11.7 Å². The average molecular weight is 275 g/mol. The van der Waals surface area contributed by atoms with Crippen LogP contribution in [-0.4, -0.2) is 30.5 Å². The normalized spacial score (nSPS) is 14.8. The fourth-order valence-electron chi connectivity index (χ4n) is 2.56. The van der Waals surface area contributed by atoms with Crippen LogP contribution in [0.3, 0.4) is 0 Å². The van der Waals surface area contributed by atoms with E-state index in [4.69, 9.17) is 0 Å². The van der Waals surface area contributed by atoms with Crippen LogP contribution in [0.25, 0.3) is 0 Å². The maximum absolute atomic E-state index is 12.3. The van der Waals surface area contributed by atoms with Crippen molar-refractivity contribution in [3.8, 4) is 0 Å². The van der Waals surface area contributed by atoms with Crippen LogP contribution in [0.5, 0.6) is 0 Å². The number of carbonyl (C=O) groups is 1. The summed E-state index contributed by atoms with van der Waals surface area (Å²) in [5.41, 5.74) is 0.707. The predicted molar refractivity (Wildman–Crippen MR) is 82.1 cm³/mol. The first-order valence-electron chi connectivity index (χ1n) is 7.66. The summed E-state index contributed by atoms with van der Waals surface area (Å²) in [6.07, 6.45) is 6.32. The molecule has 110 valence electrons. The van der Waals surface area contributed by atoms with Crippen LogP contribution in [-0.2, 0) is 0 Å². The molecule has 20 heavy (non-hydrogen) atoms. The van der Waals surface area contributed by atoms with E-state index in [1.165, 1.54) is 12.8 Å². The van der Waals surface area contributed by atoms with Crippen molar-refractivity contribution in [3.63, 3.8) is 0 Å². The van der Waals surface area contributed by atoms with Gasteiger partial charge in [0.15, 0.2) is 0 Å². The third-order valence-electron chi connectivity index (χ3n) is 3.68. The van der Waals surface area contributed by atoms with Crippen molar-refractivity contribution < 1.29 is 4.79 Å². The molecule has 1 aliphatic heterocycles. The quantitative estimate of drug-likeness (QED) is 0.812. The van der Waals surface area contributed by atoms with E-state index in [1.807, 2.05) is 12.1 Å². The molecule has 2 heterocycles. The summed E-state index contributed by atoms with van der Waals surface area (Å²) in [7, 11) is 0. The second kappa shape index (κ2) is 7.27. The van der Waals surface area contributed by atoms with Crippen molar-refractivity contribution in [1.29, 1.82) is 0 Å². The lowest BCUT2D eigenvalue weighted by Crippen LogP contribution is -2.28. The van der Waals surface area contributed by atoms with Gasteiger partial charge in [-0.3, -0.25) is 4.79 Å². The monoisotopic (exact) mass is 275 g/mol. The van der Waals surface area contributed by atoms with Crippen molar-refractivity contribution in [2.24, 2.45) is 5.92 Å². The molecule has 0 aliphatic carbocycles. The van der Waals surface area contributed by atoms with Crippen LogP contribution in [0.2, 0.25) is 0 Å². The Balaban J connectivity index is 1.95.